The summed E-state index contributed by atoms with van der Waals surface area (Å²) < 4.78 is 11.0. The van der Waals surface area contributed by atoms with Crippen molar-refractivity contribution < 1.29 is 19.1 Å². The first-order valence-corrected chi connectivity index (χ1v) is 8.72. The van der Waals surface area contributed by atoms with Crippen LogP contribution < -0.4 is 20.5 Å². The molecule has 0 unspecified atom stereocenters. The molecule has 0 spiro atoms. The number of piperidine rings is 1. The lowest BCUT2D eigenvalue weighted by atomic mass is 9.92. The molecule has 0 radical (unpaired) electrons. The third-order valence-corrected chi connectivity index (χ3v) is 4.85. The fourth-order valence-corrected chi connectivity index (χ4v) is 3.47. The zero-order valence-corrected chi connectivity index (χ0v) is 14.5. The van der Waals surface area contributed by atoms with E-state index < -0.39 is 0 Å². The van der Waals surface area contributed by atoms with Gasteiger partial charge in [0, 0.05) is 31.1 Å². The molecule has 3 rings (SSSR count). The minimum atomic E-state index is -0.0501. The number of fused-ring (bicyclic) bond motifs is 1. The van der Waals surface area contributed by atoms with Crippen LogP contribution in [0.3, 0.4) is 0 Å². The van der Waals surface area contributed by atoms with Gasteiger partial charge in [-0.15, -0.1) is 0 Å². The molecule has 2 amide bonds. The van der Waals surface area contributed by atoms with Gasteiger partial charge in [0.05, 0.1) is 13.7 Å². The van der Waals surface area contributed by atoms with Gasteiger partial charge >= 0.3 is 0 Å². The monoisotopic (exact) mass is 347 g/mol. The van der Waals surface area contributed by atoms with Crippen molar-refractivity contribution in [3.05, 3.63) is 23.8 Å². The molecule has 0 aromatic heterocycles. The quantitative estimate of drug-likeness (QED) is 0.742. The molecule has 25 heavy (non-hydrogen) atoms. The van der Waals surface area contributed by atoms with Crippen molar-refractivity contribution in [2.75, 3.05) is 33.4 Å². The summed E-state index contributed by atoms with van der Waals surface area (Å²) in [5.41, 5.74) is 6.05. The lowest BCUT2D eigenvalue weighted by Gasteiger charge is -2.34. The van der Waals surface area contributed by atoms with Crippen LogP contribution in [0.25, 0.3) is 0 Å². The number of ether oxygens (including phenoxy) is 2. The van der Waals surface area contributed by atoms with E-state index in [-0.39, 0.29) is 17.9 Å². The Bertz CT molecular complexity index is 649. The fourth-order valence-electron chi connectivity index (χ4n) is 3.47. The highest BCUT2D eigenvalue weighted by atomic mass is 16.5. The first-order chi connectivity index (χ1) is 12.1. The van der Waals surface area contributed by atoms with Crippen LogP contribution >= 0.6 is 0 Å². The van der Waals surface area contributed by atoms with E-state index in [2.05, 4.69) is 5.32 Å². The molecule has 2 heterocycles. The van der Waals surface area contributed by atoms with Crippen molar-refractivity contribution in [2.24, 2.45) is 11.7 Å². The van der Waals surface area contributed by atoms with Crippen LogP contribution in [-0.4, -0.2) is 56.1 Å². The first-order valence-electron chi connectivity index (χ1n) is 8.72. The van der Waals surface area contributed by atoms with Crippen LogP contribution in [0.5, 0.6) is 11.5 Å². The predicted octanol–water partition coefficient (Wildman–Crippen LogP) is 0.773. The average molecular weight is 347 g/mol. The van der Waals surface area contributed by atoms with E-state index >= 15 is 0 Å². The number of nitrogens with one attached hydrogen (secondary N) is 1. The van der Waals surface area contributed by atoms with Gasteiger partial charge in [-0.2, -0.15) is 0 Å². The molecule has 1 aromatic carbocycles. The van der Waals surface area contributed by atoms with Crippen molar-refractivity contribution in [3.8, 4) is 11.5 Å². The highest BCUT2D eigenvalue weighted by Crippen LogP contribution is 2.30. The summed E-state index contributed by atoms with van der Waals surface area (Å²) in [6.07, 6.45) is 2.16. The fraction of sp³-hybridized carbons (Fsp3) is 0.556. The number of hydrogen-bond acceptors (Lipinski definition) is 5. The summed E-state index contributed by atoms with van der Waals surface area (Å²) in [6, 6.07) is 5.28. The van der Waals surface area contributed by atoms with Gasteiger partial charge in [0.15, 0.2) is 11.5 Å². The molecule has 7 heteroatoms. The zero-order valence-electron chi connectivity index (χ0n) is 14.5. The summed E-state index contributed by atoms with van der Waals surface area (Å²) in [7, 11) is 1.57. The van der Waals surface area contributed by atoms with Crippen molar-refractivity contribution in [1.82, 2.24) is 10.2 Å². The Labute approximate surface area is 147 Å². The summed E-state index contributed by atoms with van der Waals surface area (Å²) in [4.78, 5) is 26.2. The highest BCUT2D eigenvalue weighted by Gasteiger charge is 2.38. The molecule has 136 valence electrons. The summed E-state index contributed by atoms with van der Waals surface area (Å²) in [5, 5.41) is 2.97. The van der Waals surface area contributed by atoms with Crippen LogP contribution in [0.15, 0.2) is 18.2 Å². The molecule has 3 N–H and O–H groups in total. The maximum absolute atomic E-state index is 12.8. The SMILES string of the molecule is COc1ccc(C(=O)N2CC[C@@H]3CC(=O)N[C@@H]3C2)cc1OCCCN. The van der Waals surface area contributed by atoms with E-state index in [9.17, 15) is 9.59 Å². The van der Waals surface area contributed by atoms with Gasteiger partial charge in [0.1, 0.15) is 0 Å². The van der Waals surface area contributed by atoms with Gasteiger partial charge in [0.2, 0.25) is 5.91 Å². The standard InChI is InChI=1S/C18H25N3O4/c1-24-15-4-3-13(9-16(15)25-8-2-6-19)18(23)21-7-5-12-10-17(22)20-14(12)11-21/h3-4,9,12,14H,2,5-8,10-11,19H2,1H3,(H,20,22)/t12-,14-/m1/s1. The van der Waals surface area contributed by atoms with Crippen LogP contribution in [0.4, 0.5) is 0 Å². The average Bonchev–Trinajstić information content (AvgIpc) is 3.00. The molecular formula is C18H25N3O4. The van der Waals surface area contributed by atoms with Crippen LogP contribution in [0.2, 0.25) is 0 Å². The lowest BCUT2D eigenvalue weighted by molar-refractivity contribution is -0.119. The molecule has 2 atom stereocenters. The number of carbonyl (C=O) groups is 2. The maximum Gasteiger partial charge on any atom is 0.254 e. The number of carbonyl (C=O) groups excluding carboxylic acids is 2. The van der Waals surface area contributed by atoms with E-state index in [0.29, 0.717) is 55.6 Å². The van der Waals surface area contributed by atoms with Crippen molar-refractivity contribution >= 4 is 11.8 Å². The topological polar surface area (TPSA) is 93.9 Å². The van der Waals surface area contributed by atoms with Crippen molar-refractivity contribution in [2.45, 2.75) is 25.3 Å². The van der Waals surface area contributed by atoms with Gasteiger partial charge in [-0.05, 0) is 43.5 Å². The number of nitrogens with zero attached hydrogens (tertiary/aromatic N) is 1. The third kappa shape index (κ3) is 3.87. The molecule has 0 aliphatic carbocycles. The number of hydrogen-bond donors (Lipinski definition) is 2. The Morgan fingerprint density at radius 3 is 3.00 bits per heavy atom. The van der Waals surface area contributed by atoms with E-state index in [4.69, 9.17) is 15.2 Å². The second-order valence-electron chi connectivity index (χ2n) is 6.53. The third-order valence-electron chi connectivity index (χ3n) is 4.85. The van der Waals surface area contributed by atoms with Gasteiger partial charge in [-0.1, -0.05) is 0 Å². The second kappa shape index (κ2) is 7.74. The number of amides is 2. The number of benzene rings is 1. The van der Waals surface area contributed by atoms with Gasteiger partial charge in [-0.3, -0.25) is 9.59 Å². The van der Waals surface area contributed by atoms with Crippen molar-refractivity contribution in [1.29, 1.82) is 0 Å². The molecular weight excluding hydrogens is 322 g/mol. The smallest absolute Gasteiger partial charge is 0.254 e. The van der Waals surface area contributed by atoms with Crippen LogP contribution in [0, 0.1) is 5.92 Å². The van der Waals surface area contributed by atoms with E-state index in [0.717, 1.165) is 12.8 Å². The Hall–Kier alpha value is -2.28. The van der Waals surface area contributed by atoms with Crippen molar-refractivity contribution in [3.63, 3.8) is 0 Å². The summed E-state index contributed by atoms with van der Waals surface area (Å²) >= 11 is 0. The van der Waals surface area contributed by atoms with E-state index in [1.165, 1.54) is 0 Å². The summed E-state index contributed by atoms with van der Waals surface area (Å²) in [5.74, 6) is 1.53. The number of nitrogens with two attached hydrogens (primary N) is 1. The zero-order chi connectivity index (χ0) is 17.8. The Morgan fingerprint density at radius 1 is 1.40 bits per heavy atom. The Morgan fingerprint density at radius 2 is 2.24 bits per heavy atom. The lowest BCUT2D eigenvalue weighted by Crippen LogP contribution is -2.49. The molecule has 2 saturated heterocycles. The first kappa shape index (κ1) is 17.5. The molecule has 7 nitrogen and oxygen atoms in total. The largest absolute Gasteiger partial charge is 0.493 e. The van der Waals surface area contributed by atoms with E-state index in [1.54, 1.807) is 30.2 Å². The van der Waals surface area contributed by atoms with Crippen LogP contribution in [0.1, 0.15) is 29.6 Å². The molecule has 2 fully saturated rings. The van der Waals surface area contributed by atoms with Gasteiger partial charge < -0.3 is 25.4 Å². The number of rotatable bonds is 6. The maximum atomic E-state index is 12.8. The normalized spacial score (nSPS) is 22.3. The Balaban J connectivity index is 1.71. The number of methoxy groups -OCH3 is 1. The molecule has 1 aromatic rings. The highest BCUT2D eigenvalue weighted by molar-refractivity contribution is 5.95. The van der Waals surface area contributed by atoms with Crippen LogP contribution in [-0.2, 0) is 4.79 Å². The second-order valence-corrected chi connectivity index (χ2v) is 6.53. The molecule has 0 saturated carbocycles. The van der Waals surface area contributed by atoms with Gasteiger partial charge in [-0.25, -0.2) is 0 Å². The minimum Gasteiger partial charge on any atom is -0.493 e. The molecule has 0 bridgehead atoms. The molecule has 2 aliphatic heterocycles. The Kier molecular flexibility index (Phi) is 5.43. The number of likely N-dealkylation sites (tertiary alicyclic amines) is 1. The molecule has 2 aliphatic rings. The summed E-state index contributed by atoms with van der Waals surface area (Å²) in [6.45, 7) is 2.25. The van der Waals surface area contributed by atoms with E-state index in [1.807, 2.05) is 0 Å². The van der Waals surface area contributed by atoms with Gasteiger partial charge in [0.25, 0.3) is 5.91 Å². The minimum absolute atomic E-state index is 0.0501. The predicted molar refractivity (Wildman–Crippen MR) is 92.7 cm³/mol.